The Morgan fingerprint density at radius 1 is 0.917 bits per heavy atom. The SMILES string of the molecule is O=c1c2ccccc2ncn1Cc1cccc(-c2cccnc2)c1. The van der Waals surface area contributed by atoms with Gasteiger partial charge in [0.25, 0.3) is 5.56 Å². The number of aromatic nitrogens is 3. The van der Waals surface area contributed by atoms with Crippen LogP contribution in [0.1, 0.15) is 5.56 Å². The number of pyridine rings is 1. The van der Waals surface area contributed by atoms with Gasteiger partial charge < -0.3 is 0 Å². The van der Waals surface area contributed by atoms with E-state index < -0.39 is 0 Å². The van der Waals surface area contributed by atoms with Gasteiger partial charge in [0.1, 0.15) is 0 Å². The van der Waals surface area contributed by atoms with E-state index >= 15 is 0 Å². The van der Waals surface area contributed by atoms with E-state index in [1.54, 1.807) is 17.1 Å². The highest BCUT2D eigenvalue weighted by molar-refractivity contribution is 5.76. The van der Waals surface area contributed by atoms with Gasteiger partial charge in [0.15, 0.2) is 0 Å². The lowest BCUT2D eigenvalue weighted by Gasteiger charge is -2.08. The van der Waals surface area contributed by atoms with Crippen LogP contribution in [0.25, 0.3) is 22.0 Å². The average molecular weight is 313 g/mol. The Labute approximate surface area is 139 Å². The fraction of sp³-hybridized carbons (Fsp3) is 0.0500. The van der Waals surface area contributed by atoms with E-state index in [0.717, 1.165) is 22.2 Å². The fourth-order valence-corrected chi connectivity index (χ4v) is 2.80. The molecule has 0 saturated heterocycles. The minimum absolute atomic E-state index is 0.0209. The zero-order valence-corrected chi connectivity index (χ0v) is 13.0. The molecular formula is C20H15N3O. The predicted octanol–water partition coefficient (Wildman–Crippen LogP) is 3.51. The van der Waals surface area contributed by atoms with Gasteiger partial charge in [-0.05, 0) is 41.0 Å². The summed E-state index contributed by atoms with van der Waals surface area (Å²) in [5.41, 5.74) is 3.90. The molecule has 0 radical (unpaired) electrons. The second-order valence-electron chi connectivity index (χ2n) is 5.64. The van der Waals surface area contributed by atoms with Crippen LogP contribution in [0.3, 0.4) is 0 Å². The van der Waals surface area contributed by atoms with E-state index in [-0.39, 0.29) is 5.56 Å². The van der Waals surface area contributed by atoms with Gasteiger partial charge >= 0.3 is 0 Å². The van der Waals surface area contributed by atoms with Crippen LogP contribution >= 0.6 is 0 Å². The molecule has 4 aromatic rings. The Balaban J connectivity index is 1.72. The van der Waals surface area contributed by atoms with Crippen molar-refractivity contribution < 1.29 is 0 Å². The Morgan fingerprint density at radius 3 is 2.67 bits per heavy atom. The molecule has 0 atom stereocenters. The number of fused-ring (bicyclic) bond motifs is 1. The van der Waals surface area contributed by atoms with Crippen LogP contribution in [-0.4, -0.2) is 14.5 Å². The van der Waals surface area contributed by atoms with E-state index in [1.165, 1.54) is 0 Å². The molecule has 24 heavy (non-hydrogen) atoms. The van der Waals surface area contributed by atoms with Crippen molar-refractivity contribution in [3.05, 3.63) is 95.3 Å². The van der Waals surface area contributed by atoms with Gasteiger partial charge in [-0.3, -0.25) is 14.3 Å². The maximum absolute atomic E-state index is 12.6. The number of nitrogens with zero attached hydrogens (tertiary/aromatic N) is 3. The van der Waals surface area contributed by atoms with Crippen LogP contribution in [0.5, 0.6) is 0 Å². The molecule has 0 unspecified atom stereocenters. The Hall–Kier alpha value is -3.27. The molecule has 0 aliphatic rings. The minimum atomic E-state index is -0.0209. The molecule has 0 spiro atoms. The highest BCUT2D eigenvalue weighted by atomic mass is 16.1. The van der Waals surface area contributed by atoms with Gasteiger partial charge in [-0.2, -0.15) is 0 Å². The van der Waals surface area contributed by atoms with Crippen LogP contribution in [-0.2, 0) is 6.54 Å². The van der Waals surface area contributed by atoms with Gasteiger partial charge in [-0.1, -0.05) is 36.4 Å². The van der Waals surface area contributed by atoms with Crippen LogP contribution in [0, 0.1) is 0 Å². The largest absolute Gasteiger partial charge is 0.294 e. The molecule has 2 heterocycles. The van der Waals surface area contributed by atoms with Crippen molar-refractivity contribution in [2.45, 2.75) is 6.54 Å². The summed E-state index contributed by atoms with van der Waals surface area (Å²) in [5, 5.41) is 0.642. The molecule has 0 saturated carbocycles. The van der Waals surface area contributed by atoms with Crippen LogP contribution in [0.4, 0.5) is 0 Å². The lowest BCUT2D eigenvalue weighted by Crippen LogP contribution is -2.21. The third-order valence-electron chi connectivity index (χ3n) is 4.01. The average Bonchev–Trinajstić information content (AvgIpc) is 2.65. The first-order valence-electron chi connectivity index (χ1n) is 7.75. The molecule has 0 aliphatic heterocycles. The third kappa shape index (κ3) is 2.70. The first kappa shape index (κ1) is 14.3. The van der Waals surface area contributed by atoms with Crippen LogP contribution < -0.4 is 5.56 Å². The maximum Gasteiger partial charge on any atom is 0.261 e. The zero-order valence-electron chi connectivity index (χ0n) is 13.0. The summed E-state index contributed by atoms with van der Waals surface area (Å²) in [6.07, 6.45) is 5.21. The highest BCUT2D eigenvalue weighted by Crippen LogP contribution is 2.19. The summed E-state index contributed by atoms with van der Waals surface area (Å²) < 4.78 is 1.64. The van der Waals surface area contributed by atoms with E-state index in [9.17, 15) is 4.79 Å². The summed E-state index contributed by atoms with van der Waals surface area (Å²) in [6.45, 7) is 0.491. The highest BCUT2D eigenvalue weighted by Gasteiger charge is 2.05. The molecule has 4 nitrogen and oxygen atoms in total. The number of hydrogen-bond acceptors (Lipinski definition) is 3. The van der Waals surface area contributed by atoms with Crippen molar-refractivity contribution in [2.24, 2.45) is 0 Å². The van der Waals surface area contributed by atoms with Gasteiger partial charge in [-0.25, -0.2) is 4.98 Å². The minimum Gasteiger partial charge on any atom is -0.294 e. The van der Waals surface area contributed by atoms with Gasteiger partial charge in [-0.15, -0.1) is 0 Å². The summed E-state index contributed by atoms with van der Waals surface area (Å²) in [7, 11) is 0. The normalized spacial score (nSPS) is 10.8. The second-order valence-corrected chi connectivity index (χ2v) is 5.64. The first-order chi connectivity index (χ1) is 11.8. The van der Waals surface area contributed by atoms with Crippen molar-refractivity contribution in [2.75, 3.05) is 0 Å². The standard InChI is InChI=1S/C20H15N3O/c24-20-18-8-1-2-9-19(18)22-14-23(20)13-15-5-3-6-16(11-15)17-7-4-10-21-12-17/h1-12,14H,13H2. The zero-order chi connectivity index (χ0) is 16.4. The van der Waals surface area contributed by atoms with Crippen molar-refractivity contribution in [3.8, 4) is 11.1 Å². The molecule has 0 bridgehead atoms. The van der Waals surface area contributed by atoms with Crippen molar-refractivity contribution in [1.29, 1.82) is 0 Å². The third-order valence-corrected chi connectivity index (χ3v) is 4.01. The molecule has 116 valence electrons. The topological polar surface area (TPSA) is 47.8 Å². The monoisotopic (exact) mass is 313 g/mol. The molecule has 2 aromatic carbocycles. The van der Waals surface area contributed by atoms with E-state index in [0.29, 0.717) is 11.9 Å². The van der Waals surface area contributed by atoms with E-state index in [2.05, 4.69) is 16.0 Å². The van der Waals surface area contributed by atoms with Gasteiger partial charge in [0, 0.05) is 12.4 Å². The molecule has 0 fully saturated rings. The first-order valence-corrected chi connectivity index (χ1v) is 7.75. The van der Waals surface area contributed by atoms with Crippen molar-refractivity contribution >= 4 is 10.9 Å². The van der Waals surface area contributed by atoms with Crippen LogP contribution in [0.15, 0.2) is 84.2 Å². The molecule has 4 heteroatoms. The second kappa shape index (κ2) is 6.08. The Bertz CT molecular complexity index is 1050. The summed E-state index contributed by atoms with van der Waals surface area (Å²) in [5.74, 6) is 0. The lowest BCUT2D eigenvalue weighted by molar-refractivity contribution is 0.748. The Morgan fingerprint density at radius 2 is 1.79 bits per heavy atom. The molecule has 0 amide bonds. The van der Waals surface area contributed by atoms with E-state index in [1.807, 2.05) is 60.8 Å². The number of para-hydroxylation sites is 1. The number of benzene rings is 2. The molecule has 4 rings (SSSR count). The Kier molecular flexibility index (Phi) is 3.63. The summed E-state index contributed by atoms with van der Waals surface area (Å²) in [4.78, 5) is 21.1. The van der Waals surface area contributed by atoms with Gasteiger partial charge in [0.05, 0.1) is 23.8 Å². The quantitative estimate of drug-likeness (QED) is 0.581. The van der Waals surface area contributed by atoms with Crippen molar-refractivity contribution in [1.82, 2.24) is 14.5 Å². The molecule has 2 aromatic heterocycles. The van der Waals surface area contributed by atoms with E-state index in [4.69, 9.17) is 0 Å². The fourth-order valence-electron chi connectivity index (χ4n) is 2.80. The number of rotatable bonds is 3. The lowest BCUT2D eigenvalue weighted by atomic mass is 10.0. The maximum atomic E-state index is 12.6. The summed E-state index contributed by atoms with van der Waals surface area (Å²) >= 11 is 0. The number of hydrogen-bond donors (Lipinski definition) is 0. The van der Waals surface area contributed by atoms with Crippen molar-refractivity contribution in [3.63, 3.8) is 0 Å². The molecule has 0 N–H and O–H groups in total. The van der Waals surface area contributed by atoms with Gasteiger partial charge in [0.2, 0.25) is 0 Å². The van der Waals surface area contributed by atoms with Crippen LogP contribution in [0.2, 0.25) is 0 Å². The molecule has 0 aliphatic carbocycles. The predicted molar refractivity (Wildman–Crippen MR) is 94.8 cm³/mol. The summed E-state index contributed by atoms with van der Waals surface area (Å²) in [6, 6.07) is 19.5. The molecular weight excluding hydrogens is 298 g/mol. The smallest absolute Gasteiger partial charge is 0.261 e.